The molecule has 5 nitrogen and oxygen atoms in total. The summed E-state index contributed by atoms with van der Waals surface area (Å²) in [4.78, 5) is 8.67. The third-order valence-electron chi connectivity index (χ3n) is 5.52. The maximum absolute atomic E-state index is 5.43. The number of hydrazine groups is 1. The van der Waals surface area contributed by atoms with Crippen molar-refractivity contribution < 1.29 is 0 Å². The third kappa shape index (κ3) is 1.95. The number of aromatic nitrogens is 2. The van der Waals surface area contributed by atoms with Gasteiger partial charge < -0.3 is 5.32 Å². The van der Waals surface area contributed by atoms with Crippen LogP contribution in [0.3, 0.4) is 0 Å². The highest BCUT2D eigenvalue weighted by molar-refractivity contribution is 5.48. The molecular weight excluding hydrogens is 250 g/mol. The number of aryl methyl sites for hydroxylation is 1. The normalized spacial score (nSPS) is 38.0. The standard InChI is InChI=1S/C15H23N5/c1-9-8-17-14(20-16)18-13(9)19-15-5-10-2-11(6-15)4-12(3-10)7-15/h8,10-12H,2-7,16H2,1H3,(H2,17,18,19,20). The fraction of sp³-hybridized carbons (Fsp3) is 0.733. The minimum absolute atomic E-state index is 0.278. The summed E-state index contributed by atoms with van der Waals surface area (Å²) >= 11 is 0. The first-order valence-electron chi connectivity index (χ1n) is 7.74. The summed E-state index contributed by atoms with van der Waals surface area (Å²) in [7, 11) is 0. The number of hydrogen-bond acceptors (Lipinski definition) is 5. The van der Waals surface area contributed by atoms with E-state index in [0.717, 1.165) is 29.1 Å². The van der Waals surface area contributed by atoms with Gasteiger partial charge in [-0.15, -0.1) is 0 Å². The molecule has 20 heavy (non-hydrogen) atoms. The van der Waals surface area contributed by atoms with Gasteiger partial charge >= 0.3 is 0 Å². The minimum atomic E-state index is 0.278. The van der Waals surface area contributed by atoms with E-state index >= 15 is 0 Å². The largest absolute Gasteiger partial charge is 0.364 e. The van der Waals surface area contributed by atoms with Crippen LogP contribution in [0.1, 0.15) is 44.1 Å². The highest BCUT2D eigenvalue weighted by atomic mass is 15.3. The Labute approximate surface area is 119 Å². The second kappa shape index (κ2) is 4.32. The SMILES string of the molecule is Cc1cnc(NN)nc1NC12CC3CC(CC(C3)C1)C2. The molecule has 1 aromatic heterocycles. The van der Waals surface area contributed by atoms with Gasteiger partial charge in [0.05, 0.1) is 0 Å². The summed E-state index contributed by atoms with van der Waals surface area (Å²) in [6.07, 6.45) is 10.2. The van der Waals surface area contributed by atoms with Crippen LogP contribution in [0.5, 0.6) is 0 Å². The predicted octanol–water partition coefficient (Wildman–Crippen LogP) is 2.45. The van der Waals surface area contributed by atoms with Crippen molar-refractivity contribution >= 4 is 11.8 Å². The Morgan fingerprint density at radius 2 is 1.75 bits per heavy atom. The topological polar surface area (TPSA) is 75.9 Å². The molecule has 4 aliphatic carbocycles. The average molecular weight is 273 g/mol. The molecule has 4 aliphatic rings. The molecule has 0 amide bonds. The Kier molecular flexibility index (Phi) is 2.67. The van der Waals surface area contributed by atoms with E-state index in [2.05, 4.69) is 27.6 Å². The van der Waals surface area contributed by atoms with Gasteiger partial charge in [-0.1, -0.05) is 0 Å². The summed E-state index contributed by atoms with van der Waals surface area (Å²) in [5.41, 5.74) is 3.91. The molecule has 0 spiro atoms. The highest BCUT2D eigenvalue weighted by Gasteiger charge is 2.51. The van der Waals surface area contributed by atoms with Crippen molar-refractivity contribution in [3.8, 4) is 0 Å². The van der Waals surface area contributed by atoms with E-state index in [1.165, 1.54) is 38.5 Å². The van der Waals surface area contributed by atoms with E-state index in [-0.39, 0.29) is 5.54 Å². The van der Waals surface area contributed by atoms with E-state index in [4.69, 9.17) is 5.84 Å². The van der Waals surface area contributed by atoms with Crippen LogP contribution in [0.2, 0.25) is 0 Å². The van der Waals surface area contributed by atoms with Gasteiger partial charge in [-0.05, 0) is 63.2 Å². The van der Waals surface area contributed by atoms with Crippen LogP contribution in [0.25, 0.3) is 0 Å². The zero-order valence-electron chi connectivity index (χ0n) is 12.0. The summed E-state index contributed by atoms with van der Waals surface area (Å²) in [6.45, 7) is 2.06. The van der Waals surface area contributed by atoms with Crippen LogP contribution >= 0.6 is 0 Å². The van der Waals surface area contributed by atoms with Crippen LogP contribution in [-0.4, -0.2) is 15.5 Å². The molecule has 5 rings (SSSR count). The van der Waals surface area contributed by atoms with Crippen molar-refractivity contribution in [2.75, 3.05) is 10.7 Å². The number of nitrogens with two attached hydrogens (primary N) is 1. The zero-order valence-corrected chi connectivity index (χ0v) is 12.0. The summed E-state index contributed by atoms with van der Waals surface area (Å²) in [6, 6.07) is 0. The molecule has 0 aliphatic heterocycles. The number of nitrogens with zero attached hydrogens (tertiary/aromatic N) is 2. The van der Waals surface area contributed by atoms with Crippen molar-refractivity contribution in [3.63, 3.8) is 0 Å². The fourth-order valence-corrected chi connectivity index (χ4v) is 5.15. The van der Waals surface area contributed by atoms with Gasteiger partial charge in [-0.25, -0.2) is 10.8 Å². The fourth-order valence-electron chi connectivity index (χ4n) is 5.15. The molecule has 108 valence electrons. The first kappa shape index (κ1) is 12.4. The van der Waals surface area contributed by atoms with Gasteiger partial charge in [0.25, 0.3) is 0 Å². The Hall–Kier alpha value is -1.36. The average Bonchev–Trinajstić information content (AvgIpc) is 2.39. The molecular formula is C15H23N5. The molecule has 4 fully saturated rings. The van der Waals surface area contributed by atoms with Gasteiger partial charge in [0, 0.05) is 17.3 Å². The second-order valence-corrected chi connectivity index (χ2v) is 7.19. The lowest BCUT2D eigenvalue weighted by molar-refractivity contribution is 0.0105. The quantitative estimate of drug-likeness (QED) is 0.582. The summed E-state index contributed by atoms with van der Waals surface area (Å²) in [5, 5.41) is 3.78. The van der Waals surface area contributed by atoms with Crippen molar-refractivity contribution in [3.05, 3.63) is 11.8 Å². The van der Waals surface area contributed by atoms with Gasteiger partial charge in [0.15, 0.2) is 0 Å². The Bertz CT molecular complexity index is 492. The first-order chi connectivity index (χ1) is 9.66. The third-order valence-corrected chi connectivity index (χ3v) is 5.52. The minimum Gasteiger partial charge on any atom is -0.364 e. The van der Waals surface area contributed by atoms with E-state index in [1.54, 1.807) is 0 Å². The van der Waals surface area contributed by atoms with Crippen LogP contribution < -0.4 is 16.6 Å². The molecule has 4 N–H and O–H groups in total. The molecule has 0 atom stereocenters. The number of anilines is 2. The van der Waals surface area contributed by atoms with Crippen molar-refractivity contribution in [2.24, 2.45) is 23.6 Å². The molecule has 5 heteroatoms. The monoisotopic (exact) mass is 273 g/mol. The summed E-state index contributed by atoms with van der Waals surface area (Å²) in [5.74, 6) is 9.67. The summed E-state index contributed by atoms with van der Waals surface area (Å²) < 4.78 is 0. The number of nitrogens with one attached hydrogen (secondary N) is 2. The number of hydrogen-bond donors (Lipinski definition) is 3. The van der Waals surface area contributed by atoms with Crippen molar-refractivity contribution in [1.29, 1.82) is 0 Å². The van der Waals surface area contributed by atoms with Crippen LogP contribution in [0, 0.1) is 24.7 Å². The maximum atomic E-state index is 5.43. The van der Waals surface area contributed by atoms with Gasteiger partial charge in [0.1, 0.15) is 5.82 Å². The zero-order chi connectivity index (χ0) is 13.7. The Balaban J connectivity index is 1.62. The lowest BCUT2D eigenvalue weighted by Crippen LogP contribution is -2.55. The molecule has 1 heterocycles. The van der Waals surface area contributed by atoms with Gasteiger partial charge in [0.2, 0.25) is 5.95 Å². The molecule has 4 saturated carbocycles. The van der Waals surface area contributed by atoms with Gasteiger partial charge in [-0.3, -0.25) is 5.43 Å². The Morgan fingerprint density at radius 3 is 2.30 bits per heavy atom. The molecule has 1 aromatic rings. The second-order valence-electron chi connectivity index (χ2n) is 7.19. The molecule has 4 bridgehead atoms. The van der Waals surface area contributed by atoms with Crippen LogP contribution in [0.15, 0.2) is 6.20 Å². The highest BCUT2D eigenvalue weighted by Crippen LogP contribution is 2.56. The first-order valence-corrected chi connectivity index (χ1v) is 7.74. The number of rotatable bonds is 3. The number of nitrogen functional groups attached to an aromatic ring is 1. The Morgan fingerprint density at radius 1 is 1.15 bits per heavy atom. The molecule has 0 saturated heterocycles. The molecule has 0 radical (unpaired) electrons. The molecule has 0 aromatic carbocycles. The van der Waals surface area contributed by atoms with E-state index < -0.39 is 0 Å². The maximum Gasteiger partial charge on any atom is 0.239 e. The van der Waals surface area contributed by atoms with E-state index in [1.807, 2.05) is 6.20 Å². The smallest absolute Gasteiger partial charge is 0.239 e. The van der Waals surface area contributed by atoms with Crippen molar-refractivity contribution in [2.45, 2.75) is 51.0 Å². The van der Waals surface area contributed by atoms with E-state index in [9.17, 15) is 0 Å². The lowest BCUT2D eigenvalue weighted by atomic mass is 9.53. The van der Waals surface area contributed by atoms with Gasteiger partial charge in [-0.2, -0.15) is 4.98 Å². The van der Waals surface area contributed by atoms with Crippen LogP contribution in [0.4, 0.5) is 11.8 Å². The van der Waals surface area contributed by atoms with Crippen molar-refractivity contribution in [1.82, 2.24) is 9.97 Å². The van der Waals surface area contributed by atoms with E-state index in [0.29, 0.717) is 5.95 Å². The van der Waals surface area contributed by atoms with Crippen LogP contribution in [-0.2, 0) is 0 Å². The predicted molar refractivity (Wildman–Crippen MR) is 79.1 cm³/mol. The lowest BCUT2D eigenvalue weighted by Gasteiger charge is -2.57. The molecule has 0 unspecified atom stereocenters.